The number of allylic oxidation sites excluding steroid dienone is 3. The Hall–Kier alpha value is -1.09. The first-order valence-corrected chi connectivity index (χ1v) is 6.11. The van der Waals surface area contributed by atoms with E-state index in [4.69, 9.17) is 4.74 Å². The number of alkyl halides is 1. The first-order chi connectivity index (χ1) is 8.15. The van der Waals surface area contributed by atoms with E-state index in [2.05, 4.69) is 18.3 Å². The Morgan fingerprint density at radius 3 is 3.06 bits per heavy atom. The molecule has 0 aliphatic carbocycles. The van der Waals surface area contributed by atoms with Crippen molar-refractivity contribution in [3.05, 3.63) is 35.6 Å². The molecule has 2 unspecified atom stereocenters. The molecule has 17 heavy (non-hydrogen) atoms. The Kier molecular flexibility index (Phi) is 5.98. The number of methoxy groups -OCH3 is 1. The summed E-state index contributed by atoms with van der Waals surface area (Å²) in [5.74, 6) is 0. The highest BCUT2D eigenvalue weighted by Crippen LogP contribution is 2.20. The number of hydrogen-bond donors (Lipinski definition) is 1. The standard InChI is InChI=1S/C14H22FNO/c1-11-7-6-8-13(12(2)15)14(16-11)9-4-5-10-17-3/h4,6-7,9,11-12,16H,5,8,10H2,1-3H3. The summed E-state index contributed by atoms with van der Waals surface area (Å²) < 4.78 is 18.5. The molecule has 0 radical (unpaired) electrons. The van der Waals surface area contributed by atoms with E-state index >= 15 is 0 Å². The van der Waals surface area contributed by atoms with Crippen LogP contribution in [-0.2, 0) is 4.74 Å². The Morgan fingerprint density at radius 1 is 1.65 bits per heavy atom. The number of ether oxygens (including phenoxy) is 1. The number of nitrogens with one attached hydrogen (secondary N) is 1. The molecule has 2 atom stereocenters. The molecule has 0 amide bonds. The van der Waals surface area contributed by atoms with Gasteiger partial charge in [0, 0.05) is 25.5 Å². The van der Waals surface area contributed by atoms with Crippen LogP contribution in [0.1, 0.15) is 26.7 Å². The van der Waals surface area contributed by atoms with E-state index in [1.165, 1.54) is 0 Å². The van der Waals surface area contributed by atoms with Gasteiger partial charge in [-0.1, -0.05) is 18.2 Å². The van der Waals surface area contributed by atoms with Crippen LogP contribution in [0.25, 0.3) is 0 Å². The molecular formula is C14H22FNO. The van der Waals surface area contributed by atoms with Gasteiger partial charge in [-0.15, -0.1) is 0 Å². The van der Waals surface area contributed by atoms with Crippen molar-refractivity contribution in [3.63, 3.8) is 0 Å². The van der Waals surface area contributed by atoms with Crippen molar-refractivity contribution >= 4 is 0 Å². The zero-order valence-corrected chi connectivity index (χ0v) is 10.9. The second-order valence-corrected chi connectivity index (χ2v) is 4.30. The first-order valence-electron chi connectivity index (χ1n) is 6.11. The molecule has 3 heteroatoms. The summed E-state index contributed by atoms with van der Waals surface area (Å²) in [4.78, 5) is 0. The van der Waals surface area contributed by atoms with Gasteiger partial charge in [-0.3, -0.25) is 0 Å². The van der Waals surface area contributed by atoms with Gasteiger partial charge in [0.15, 0.2) is 0 Å². The molecule has 1 heterocycles. The van der Waals surface area contributed by atoms with E-state index in [1.54, 1.807) is 14.0 Å². The summed E-state index contributed by atoms with van der Waals surface area (Å²) in [6, 6.07) is 0.244. The molecule has 2 nitrogen and oxygen atoms in total. The number of halogens is 1. The lowest BCUT2D eigenvalue weighted by atomic mass is 10.1. The smallest absolute Gasteiger partial charge is 0.121 e. The third-order valence-corrected chi connectivity index (χ3v) is 2.74. The van der Waals surface area contributed by atoms with Crippen LogP contribution >= 0.6 is 0 Å². The molecule has 1 rings (SSSR count). The fourth-order valence-electron chi connectivity index (χ4n) is 1.81. The summed E-state index contributed by atoms with van der Waals surface area (Å²) in [7, 11) is 1.68. The average Bonchev–Trinajstić information content (AvgIpc) is 2.46. The number of hydrogen-bond acceptors (Lipinski definition) is 2. The van der Waals surface area contributed by atoms with Gasteiger partial charge in [-0.2, -0.15) is 0 Å². The highest BCUT2D eigenvalue weighted by atomic mass is 19.1. The highest BCUT2D eigenvalue weighted by molar-refractivity contribution is 5.31. The summed E-state index contributed by atoms with van der Waals surface area (Å²) in [6.45, 7) is 4.34. The van der Waals surface area contributed by atoms with Crippen molar-refractivity contribution < 1.29 is 9.13 Å². The fourth-order valence-corrected chi connectivity index (χ4v) is 1.81. The van der Waals surface area contributed by atoms with Crippen LogP contribution in [0, 0.1) is 0 Å². The van der Waals surface area contributed by atoms with Crippen molar-refractivity contribution in [2.45, 2.75) is 38.9 Å². The molecule has 96 valence electrons. The maximum absolute atomic E-state index is 13.5. The normalized spacial score (nSPS) is 22.7. The van der Waals surface area contributed by atoms with Crippen LogP contribution in [0.5, 0.6) is 0 Å². The van der Waals surface area contributed by atoms with Crippen molar-refractivity contribution in [1.82, 2.24) is 5.32 Å². The van der Waals surface area contributed by atoms with Gasteiger partial charge in [-0.05, 0) is 38.3 Å². The van der Waals surface area contributed by atoms with Crippen molar-refractivity contribution in [1.29, 1.82) is 0 Å². The van der Waals surface area contributed by atoms with Crippen LogP contribution in [0.4, 0.5) is 4.39 Å². The lowest BCUT2D eigenvalue weighted by molar-refractivity contribution is 0.204. The van der Waals surface area contributed by atoms with Gasteiger partial charge in [0.05, 0.1) is 0 Å². The molecule has 1 aliphatic heterocycles. The lowest BCUT2D eigenvalue weighted by Gasteiger charge is -2.15. The first kappa shape index (κ1) is 14.0. The Bertz CT molecular complexity index is 318. The van der Waals surface area contributed by atoms with Gasteiger partial charge < -0.3 is 10.1 Å². The molecule has 0 saturated carbocycles. The molecule has 0 aromatic heterocycles. The molecule has 1 aliphatic rings. The van der Waals surface area contributed by atoms with Crippen LogP contribution in [0.2, 0.25) is 0 Å². The summed E-state index contributed by atoms with van der Waals surface area (Å²) in [5, 5.41) is 3.31. The van der Waals surface area contributed by atoms with Crippen LogP contribution in [-0.4, -0.2) is 25.9 Å². The molecule has 0 aromatic carbocycles. The summed E-state index contributed by atoms with van der Waals surface area (Å²) in [5.41, 5.74) is 1.73. The van der Waals surface area contributed by atoms with E-state index < -0.39 is 6.17 Å². The predicted octanol–water partition coefficient (Wildman–Crippen LogP) is 3.13. The van der Waals surface area contributed by atoms with E-state index in [1.807, 2.05) is 18.2 Å². The van der Waals surface area contributed by atoms with Crippen molar-refractivity contribution in [2.75, 3.05) is 13.7 Å². The van der Waals surface area contributed by atoms with E-state index in [9.17, 15) is 4.39 Å². The predicted molar refractivity (Wildman–Crippen MR) is 69.6 cm³/mol. The van der Waals surface area contributed by atoms with Gasteiger partial charge in [0.25, 0.3) is 0 Å². The van der Waals surface area contributed by atoms with E-state index in [0.717, 1.165) is 17.7 Å². The lowest BCUT2D eigenvalue weighted by Crippen LogP contribution is -2.23. The minimum atomic E-state index is -0.917. The largest absolute Gasteiger partial charge is 0.384 e. The third-order valence-electron chi connectivity index (χ3n) is 2.74. The Morgan fingerprint density at radius 2 is 2.41 bits per heavy atom. The van der Waals surface area contributed by atoms with Crippen LogP contribution in [0.3, 0.4) is 0 Å². The second kappa shape index (κ2) is 7.28. The molecule has 0 fully saturated rings. The van der Waals surface area contributed by atoms with Crippen LogP contribution in [0.15, 0.2) is 35.6 Å². The third kappa shape index (κ3) is 4.73. The molecule has 0 bridgehead atoms. The van der Waals surface area contributed by atoms with Crippen molar-refractivity contribution in [2.24, 2.45) is 0 Å². The Labute approximate surface area is 103 Å². The quantitative estimate of drug-likeness (QED) is 0.588. The maximum Gasteiger partial charge on any atom is 0.121 e. The molecule has 0 spiro atoms. The minimum absolute atomic E-state index is 0.244. The SMILES string of the molecule is COCCC=CC1=C(C(C)F)CC=CC(C)N1. The summed E-state index contributed by atoms with van der Waals surface area (Å²) >= 11 is 0. The number of rotatable bonds is 5. The zero-order valence-electron chi connectivity index (χ0n) is 10.9. The highest BCUT2D eigenvalue weighted by Gasteiger charge is 2.14. The van der Waals surface area contributed by atoms with Gasteiger partial charge in [0.1, 0.15) is 6.17 Å². The molecular weight excluding hydrogens is 217 g/mol. The topological polar surface area (TPSA) is 21.3 Å². The van der Waals surface area contributed by atoms with Gasteiger partial charge in [-0.25, -0.2) is 4.39 Å². The van der Waals surface area contributed by atoms with Gasteiger partial charge >= 0.3 is 0 Å². The molecule has 1 N–H and O–H groups in total. The molecule has 0 saturated heterocycles. The maximum atomic E-state index is 13.5. The summed E-state index contributed by atoms with van der Waals surface area (Å²) in [6.07, 6.45) is 8.69. The second-order valence-electron chi connectivity index (χ2n) is 4.30. The minimum Gasteiger partial charge on any atom is -0.384 e. The van der Waals surface area contributed by atoms with E-state index in [0.29, 0.717) is 13.0 Å². The molecule has 0 aromatic rings. The fraction of sp³-hybridized carbons (Fsp3) is 0.571. The monoisotopic (exact) mass is 239 g/mol. The van der Waals surface area contributed by atoms with Crippen LogP contribution < -0.4 is 5.32 Å². The Balaban J connectivity index is 2.76. The van der Waals surface area contributed by atoms with E-state index in [-0.39, 0.29) is 6.04 Å². The van der Waals surface area contributed by atoms with Gasteiger partial charge in [0.2, 0.25) is 0 Å². The average molecular weight is 239 g/mol. The zero-order chi connectivity index (χ0) is 12.7. The van der Waals surface area contributed by atoms with Crippen molar-refractivity contribution in [3.8, 4) is 0 Å².